The van der Waals surface area contributed by atoms with E-state index in [1.807, 2.05) is 31.2 Å². The normalized spacial score (nSPS) is 24.6. The van der Waals surface area contributed by atoms with Gasteiger partial charge in [-0.15, -0.1) is 0 Å². The van der Waals surface area contributed by atoms with Crippen LogP contribution in [0.5, 0.6) is 0 Å². The molecule has 1 N–H and O–H groups in total. The second-order valence-electron chi connectivity index (χ2n) is 11.9. The molecule has 0 unspecified atom stereocenters. The number of aliphatic carboxylic acids is 1. The molecule has 9 heteroatoms. The summed E-state index contributed by atoms with van der Waals surface area (Å²) in [6.45, 7) is 2.03. The Bertz CT molecular complexity index is 2020. The number of methoxy groups -OCH3 is 1. The number of carboxylic acid groups (broad SMARTS) is 1. The van der Waals surface area contributed by atoms with Crippen LogP contribution in [-0.4, -0.2) is 63.1 Å². The second kappa shape index (κ2) is 8.65. The van der Waals surface area contributed by atoms with Gasteiger partial charge in [0.1, 0.15) is 12.3 Å². The molecule has 3 aliphatic rings. The highest BCUT2D eigenvalue weighted by Crippen LogP contribution is 2.54. The van der Waals surface area contributed by atoms with E-state index in [0.29, 0.717) is 19.3 Å². The third-order valence-corrected chi connectivity index (χ3v) is 9.87. The number of fused-ring (bicyclic) bond motifs is 13. The van der Waals surface area contributed by atoms with Crippen molar-refractivity contribution in [2.24, 2.45) is 0 Å². The molecular formula is C33H31N3O6. The molecule has 4 atom stereocenters. The third-order valence-electron chi connectivity index (χ3n) is 9.87. The number of aryl methyl sites for hydroxylation is 1. The molecule has 0 saturated carbocycles. The van der Waals surface area contributed by atoms with Crippen LogP contribution in [-0.2, 0) is 31.2 Å². The van der Waals surface area contributed by atoms with Crippen LogP contribution in [0.25, 0.3) is 43.6 Å². The van der Waals surface area contributed by atoms with Gasteiger partial charge in [-0.05, 0) is 31.0 Å². The van der Waals surface area contributed by atoms with Crippen molar-refractivity contribution in [1.29, 1.82) is 0 Å². The van der Waals surface area contributed by atoms with Crippen LogP contribution in [0, 0.1) is 0 Å². The zero-order valence-electron chi connectivity index (χ0n) is 23.7. The predicted molar refractivity (Wildman–Crippen MR) is 158 cm³/mol. The van der Waals surface area contributed by atoms with Gasteiger partial charge in [0.2, 0.25) is 5.91 Å². The van der Waals surface area contributed by atoms with Crippen molar-refractivity contribution in [3.05, 3.63) is 59.7 Å². The lowest BCUT2D eigenvalue weighted by Crippen LogP contribution is -2.61. The number of para-hydroxylation sites is 2. The molecule has 3 aromatic carbocycles. The Hall–Kier alpha value is -4.21. The maximum Gasteiger partial charge on any atom is 0.303 e. The van der Waals surface area contributed by atoms with Crippen molar-refractivity contribution < 1.29 is 29.0 Å². The van der Waals surface area contributed by atoms with Crippen LogP contribution in [0.15, 0.2) is 48.5 Å². The summed E-state index contributed by atoms with van der Waals surface area (Å²) in [7, 11) is 3.37. The number of likely N-dealkylation sites (N-methyl/N-ethyl adjacent to an activating group) is 1. The number of Topliss-reactive ketones (excluding diaryl/α,β-unsaturated/α-hetero) is 1. The highest BCUT2D eigenvalue weighted by atomic mass is 16.6. The molecule has 2 aromatic heterocycles. The number of carbonyl (C=O) groups is 3. The minimum absolute atomic E-state index is 0.0938. The number of benzene rings is 3. The smallest absolute Gasteiger partial charge is 0.303 e. The lowest BCUT2D eigenvalue weighted by Gasteiger charge is -2.50. The van der Waals surface area contributed by atoms with E-state index in [1.54, 1.807) is 19.1 Å². The molecule has 42 heavy (non-hydrogen) atoms. The van der Waals surface area contributed by atoms with Crippen LogP contribution in [0.2, 0.25) is 0 Å². The van der Waals surface area contributed by atoms with E-state index in [4.69, 9.17) is 9.47 Å². The third kappa shape index (κ3) is 3.07. The first-order valence-electron chi connectivity index (χ1n) is 14.5. The molecule has 0 spiro atoms. The van der Waals surface area contributed by atoms with E-state index >= 15 is 0 Å². The fourth-order valence-electron chi connectivity index (χ4n) is 8.20. The predicted octanol–water partition coefficient (Wildman–Crippen LogP) is 5.34. The molecule has 2 aliphatic heterocycles. The fourth-order valence-corrected chi connectivity index (χ4v) is 8.20. The number of aromatic nitrogens is 2. The van der Waals surface area contributed by atoms with Gasteiger partial charge in [0.05, 0.1) is 34.5 Å². The van der Waals surface area contributed by atoms with Gasteiger partial charge in [-0.2, -0.15) is 0 Å². The molecule has 4 heterocycles. The number of nitrogens with zero attached hydrogens (tertiary/aromatic N) is 3. The Kier molecular flexibility index (Phi) is 5.25. The van der Waals surface area contributed by atoms with Crippen LogP contribution in [0.4, 0.5) is 0 Å². The lowest BCUT2D eigenvalue weighted by atomic mass is 9.91. The van der Waals surface area contributed by atoms with E-state index in [1.165, 1.54) is 0 Å². The van der Waals surface area contributed by atoms with Crippen LogP contribution < -0.4 is 0 Å². The maximum absolute atomic E-state index is 13.6. The number of hydrogen-bond acceptors (Lipinski definition) is 5. The number of hydrogen-bond donors (Lipinski definition) is 1. The SMILES string of the molecule is CO[C@@H]1[C@H](N(C)C(=O)CCC(=O)O)C[C@H]2O[C@]1(C)n1c3ccccc3c3c4c(c5c6ccccc6n2c5c31)C(=O)CC4. The number of ketones is 1. The Morgan fingerprint density at radius 2 is 1.71 bits per heavy atom. The number of ether oxygens (including phenoxy) is 2. The average molecular weight is 566 g/mol. The first-order chi connectivity index (χ1) is 20.3. The molecule has 2 bridgehead atoms. The van der Waals surface area contributed by atoms with E-state index in [2.05, 4.69) is 33.4 Å². The number of carbonyl (C=O) groups excluding carboxylic acids is 2. The number of amides is 1. The summed E-state index contributed by atoms with van der Waals surface area (Å²) in [6, 6.07) is 16.0. The molecule has 1 amide bonds. The summed E-state index contributed by atoms with van der Waals surface area (Å²) in [5, 5.41) is 13.4. The van der Waals surface area contributed by atoms with Gasteiger partial charge < -0.3 is 28.6 Å². The first kappa shape index (κ1) is 25.5. The quantitative estimate of drug-likeness (QED) is 0.309. The molecule has 0 radical (unpaired) electrons. The minimum atomic E-state index is -1.03. The lowest BCUT2D eigenvalue weighted by molar-refractivity contribution is -0.266. The van der Waals surface area contributed by atoms with Gasteiger partial charge in [0.15, 0.2) is 11.5 Å². The molecular weight excluding hydrogens is 534 g/mol. The Labute approximate surface area is 241 Å². The highest BCUT2D eigenvalue weighted by molar-refractivity contribution is 6.31. The topological polar surface area (TPSA) is 103 Å². The van der Waals surface area contributed by atoms with Crippen molar-refractivity contribution >= 4 is 61.3 Å². The minimum Gasteiger partial charge on any atom is -0.481 e. The zero-order chi connectivity index (χ0) is 29.1. The van der Waals surface area contributed by atoms with Crippen molar-refractivity contribution in [3.63, 3.8) is 0 Å². The standard InChI is InChI=1S/C33H31N3O6/c1-33-32(41-3)22(34(2)24(38)14-15-26(39)40)16-25(42-33)35-20-10-6-4-8-17(20)29-28-19(12-13-23(28)37)27-18-9-5-7-11-21(18)36(33)31(27)30(29)35/h4-11,22,25,32H,12-16H2,1-3H3,(H,39,40)/t22-,25-,32-,33+/m1/s1. The molecule has 1 fully saturated rings. The largest absolute Gasteiger partial charge is 0.481 e. The van der Waals surface area contributed by atoms with E-state index < -0.39 is 30.1 Å². The highest BCUT2D eigenvalue weighted by Gasteiger charge is 2.54. The van der Waals surface area contributed by atoms with Gasteiger partial charge in [-0.1, -0.05) is 36.4 Å². The molecule has 8 rings (SSSR count). The fraction of sp³-hybridized carbons (Fsp3) is 0.364. The second-order valence-corrected chi connectivity index (χ2v) is 11.9. The van der Waals surface area contributed by atoms with Crippen molar-refractivity contribution in [3.8, 4) is 0 Å². The maximum atomic E-state index is 13.6. The number of rotatable bonds is 5. The summed E-state index contributed by atoms with van der Waals surface area (Å²) in [4.78, 5) is 39.8. The van der Waals surface area contributed by atoms with Crippen molar-refractivity contribution in [2.45, 2.75) is 63.1 Å². The summed E-state index contributed by atoms with van der Waals surface area (Å²) in [6.07, 6.45) is 0.252. The molecule has 5 aromatic rings. The van der Waals surface area contributed by atoms with Crippen LogP contribution >= 0.6 is 0 Å². The van der Waals surface area contributed by atoms with Crippen LogP contribution in [0.1, 0.15) is 54.8 Å². The van der Waals surface area contributed by atoms with Gasteiger partial charge in [-0.25, -0.2) is 0 Å². The monoisotopic (exact) mass is 565 g/mol. The van der Waals surface area contributed by atoms with E-state index in [-0.39, 0.29) is 24.5 Å². The summed E-state index contributed by atoms with van der Waals surface area (Å²) in [5.74, 6) is -1.09. The summed E-state index contributed by atoms with van der Waals surface area (Å²) >= 11 is 0. The van der Waals surface area contributed by atoms with Gasteiger partial charge in [0, 0.05) is 60.5 Å². The van der Waals surface area contributed by atoms with E-state index in [0.717, 1.165) is 54.7 Å². The zero-order valence-corrected chi connectivity index (χ0v) is 23.7. The van der Waals surface area contributed by atoms with Gasteiger partial charge in [-0.3, -0.25) is 14.4 Å². The van der Waals surface area contributed by atoms with Crippen molar-refractivity contribution in [2.75, 3.05) is 14.2 Å². The Balaban J connectivity index is 1.51. The number of carboxylic acids is 1. The molecule has 214 valence electrons. The van der Waals surface area contributed by atoms with Gasteiger partial charge in [0.25, 0.3) is 0 Å². The molecule has 1 saturated heterocycles. The van der Waals surface area contributed by atoms with Crippen LogP contribution in [0.3, 0.4) is 0 Å². The summed E-state index contributed by atoms with van der Waals surface area (Å²) in [5.41, 5.74) is 4.81. The Morgan fingerprint density at radius 1 is 1.02 bits per heavy atom. The average Bonchev–Trinajstić information content (AvgIpc) is 3.62. The molecule has 9 nitrogen and oxygen atoms in total. The molecule has 1 aliphatic carbocycles. The summed E-state index contributed by atoms with van der Waals surface area (Å²) < 4.78 is 17.9. The Morgan fingerprint density at radius 3 is 2.43 bits per heavy atom. The van der Waals surface area contributed by atoms with Gasteiger partial charge >= 0.3 is 5.97 Å². The van der Waals surface area contributed by atoms with E-state index in [9.17, 15) is 19.5 Å². The van der Waals surface area contributed by atoms with Crippen molar-refractivity contribution in [1.82, 2.24) is 14.0 Å². The first-order valence-corrected chi connectivity index (χ1v) is 14.5.